The fourth-order valence-corrected chi connectivity index (χ4v) is 3.43. The number of halogens is 1. The zero-order valence-corrected chi connectivity index (χ0v) is 21.5. The number of rotatable bonds is 11. The number of hydrogen-bond donors (Lipinski definition) is 2. The van der Waals surface area contributed by atoms with Gasteiger partial charge in [-0.15, -0.1) is 24.0 Å². The highest BCUT2D eigenvalue weighted by molar-refractivity contribution is 14.0. The Kier molecular flexibility index (Phi) is 12.7. The summed E-state index contributed by atoms with van der Waals surface area (Å²) in [5, 5.41) is 6.81. The summed E-state index contributed by atoms with van der Waals surface area (Å²) in [6.45, 7) is 15.5. The molecule has 168 valence electrons. The Morgan fingerprint density at radius 1 is 1.07 bits per heavy atom. The summed E-state index contributed by atoms with van der Waals surface area (Å²) in [4.78, 5) is 11.4. The van der Waals surface area contributed by atoms with E-state index in [4.69, 9.17) is 4.99 Å². The third-order valence-electron chi connectivity index (χ3n) is 4.92. The third-order valence-corrected chi connectivity index (χ3v) is 4.92. The standard InChI is InChI=1S/C23H38N6.HI/c1-6-25-23(26-12-7-14-29(19(2)3)20(4)5)27-16-21-8-10-22(11-9-21)17-28-15-13-24-18-28;/h8-11,13,15,18-20H,6-7,12,14,16-17H2,1-5H3,(H2,25,26,27);1H. The minimum atomic E-state index is 0. The molecule has 0 aliphatic rings. The second kappa shape index (κ2) is 14.4. The van der Waals surface area contributed by atoms with E-state index in [-0.39, 0.29) is 24.0 Å². The van der Waals surface area contributed by atoms with E-state index >= 15 is 0 Å². The van der Waals surface area contributed by atoms with Crippen LogP contribution in [-0.2, 0) is 13.1 Å². The minimum absolute atomic E-state index is 0. The average molecular weight is 527 g/mol. The summed E-state index contributed by atoms with van der Waals surface area (Å²) in [7, 11) is 0. The summed E-state index contributed by atoms with van der Waals surface area (Å²) in [6.07, 6.45) is 6.73. The first-order valence-corrected chi connectivity index (χ1v) is 10.8. The van der Waals surface area contributed by atoms with Gasteiger partial charge < -0.3 is 15.2 Å². The number of hydrogen-bond acceptors (Lipinski definition) is 3. The van der Waals surface area contributed by atoms with Gasteiger partial charge in [-0.05, 0) is 52.2 Å². The second-order valence-corrected chi connectivity index (χ2v) is 7.95. The number of nitrogens with zero attached hydrogens (tertiary/aromatic N) is 4. The van der Waals surface area contributed by atoms with E-state index < -0.39 is 0 Å². The summed E-state index contributed by atoms with van der Waals surface area (Å²) < 4.78 is 2.07. The maximum Gasteiger partial charge on any atom is 0.191 e. The van der Waals surface area contributed by atoms with Gasteiger partial charge in [0.1, 0.15) is 0 Å². The molecular formula is C23H39IN6. The molecule has 1 aromatic heterocycles. The van der Waals surface area contributed by atoms with Gasteiger partial charge in [0.25, 0.3) is 0 Å². The van der Waals surface area contributed by atoms with Crippen molar-refractivity contribution in [3.63, 3.8) is 0 Å². The van der Waals surface area contributed by atoms with Crippen LogP contribution < -0.4 is 10.6 Å². The molecular weight excluding hydrogens is 487 g/mol. The fourth-order valence-electron chi connectivity index (χ4n) is 3.43. The van der Waals surface area contributed by atoms with Crippen LogP contribution in [0.5, 0.6) is 0 Å². The van der Waals surface area contributed by atoms with E-state index in [2.05, 4.69) is 84.0 Å². The molecule has 0 bridgehead atoms. The average Bonchev–Trinajstić information content (AvgIpc) is 3.19. The fraction of sp³-hybridized carbons (Fsp3) is 0.565. The van der Waals surface area contributed by atoms with E-state index in [9.17, 15) is 0 Å². The van der Waals surface area contributed by atoms with Gasteiger partial charge in [0.15, 0.2) is 5.96 Å². The van der Waals surface area contributed by atoms with Crippen molar-refractivity contribution < 1.29 is 0 Å². The smallest absolute Gasteiger partial charge is 0.191 e. The zero-order chi connectivity index (χ0) is 21.1. The lowest BCUT2D eigenvalue weighted by Gasteiger charge is -2.30. The lowest BCUT2D eigenvalue weighted by Crippen LogP contribution is -2.41. The molecule has 0 fully saturated rings. The van der Waals surface area contributed by atoms with E-state index in [1.807, 2.05) is 18.7 Å². The molecule has 6 nitrogen and oxygen atoms in total. The molecule has 0 amide bonds. The maximum absolute atomic E-state index is 4.74. The summed E-state index contributed by atoms with van der Waals surface area (Å²) in [6, 6.07) is 9.79. The first kappa shape index (κ1) is 26.4. The Morgan fingerprint density at radius 3 is 2.30 bits per heavy atom. The van der Waals surface area contributed by atoms with Crippen LogP contribution in [0, 0.1) is 0 Å². The van der Waals surface area contributed by atoms with Crippen molar-refractivity contribution in [2.45, 2.75) is 66.2 Å². The van der Waals surface area contributed by atoms with Gasteiger partial charge >= 0.3 is 0 Å². The maximum atomic E-state index is 4.74. The first-order chi connectivity index (χ1) is 14.0. The number of imidazole rings is 1. The molecule has 30 heavy (non-hydrogen) atoms. The number of benzene rings is 1. The molecule has 0 saturated carbocycles. The van der Waals surface area contributed by atoms with Crippen molar-refractivity contribution in [2.24, 2.45) is 4.99 Å². The van der Waals surface area contributed by atoms with Gasteiger partial charge in [-0.2, -0.15) is 0 Å². The molecule has 2 aromatic rings. The van der Waals surface area contributed by atoms with Gasteiger partial charge in [0, 0.05) is 50.7 Å². The van der Waals surface area contributed by atoms with Crippen molar-refractivity contribution in [1.82, 2.24) is 25.1 Å². The Balaban J connectivity index is 0.00000450. The predicted octanol–water partition coefficient (Wildman–Crippen LogP) is 4.11. The quantitative estimate of drug-likeness (QED) is 0.200. The Morgan fingerprint density at radius 2 is 1.73 bits per heavy atom. The van der Waals surface area contributed by atoms with Gasteiger partial charge in [-0.1, -0.05) is 24.3 Å². The lowest BCUT2D eigenvalue weighted by atomic mass is 10.1. The molecule has 1 aromatic carbocycles. The van der Waals surface area contributed by atoms with Crippen LogP contribution in [0.4, 0.5) is 0 Å². The Bertz CT molecular complexity index is 702. The molecule has 2 rings (SSSR count). The van der Waals surface area contributed by atoms with Gasteiger partial charge in [-0.3, -0.25) is 4.90 Å². The molecule has 2 N–H and O–H groups in total. The molecule has 0 aliphatic heterocycles. The van der Waals surface area contributed by atoms with Crippen molar-refractivity contribution in [3.05, 3.63) is 54.1 Å². The van der Waals surface area contributed by atoms with Crippen LogP contribution in [0.2, 0.25) is 0 Å². The largest absolute Gasteiger partial charge is 0.357 e. The highest BCUT2D eigenvalue weighted by atomic mass is 127. The Hall–Kier alpha value is -1.61. The third kappa shape index (κ3) is 9.47. The van der Waals surface area contributed by atoms with E-state index in [0.717, 1.165) is 38.6 Å². The topological polar surface area (TPSA) is 57.5 Å². The summed E-state index contributed by atoms with van der Waals surface area (Å²) in [5.41, 5.74) is 2.47. The predicted molar refractivity (Wildman–Crippen MR) is 138 cm³/mol. The number of aromatic nitrogens is 2. The second-order valence-electron chi connectivity index (χ2n) is 7.95. The molecule has 0 aliphatic carbocycles. The SMILES string of the molecule is CCNC(=NCc1ccc(Cn2ccnc2)cc1)NCCCN(C(C)C)C(C)C.I. The summed E-state index contributed by atoms with van der Waals surface area (Å²) >= 11 is 0. The van der Waals surface area contributed by atoms with Crippen LogP contribution >= 0.6 is 24.0 Å². The number of nitrogens with one attached hydrogen (secondary N) is 2. The molecule has 0 spiro atoms. The van der Waals surface area contributed by atoms with Crippen LogP contribution in [0.25, 0.3) is 0 Å². The number of aliphatic imine (C=N–C) groups is 1. The van der Waals surface area contributed by atoms with E-state index in [1.165, 1.54) is 11.1 Å². The minimum Gasteiger partial charge on any atom is -0.357 e. The van der Waals surface area contributed by atoms with Crippen molar-refractivity contribution >= 4 is 29.9 Å². The lowest BCUT2D eigenvalue weighted by molar-refractivity contribution is 0.173. The molecule has 0 atom stereocenters. The van der Waals surface area contributed by atoms with E-state index in [0.29, 0.717) is 18.6 Å². The van der Waals surface area contributed by atoms with Gasteiger partial charge in [-0.25, -0.2) is 9.98 Å². The highest BCUT2D eigenvalue weighted by Crippen LogP contribution is 2.08. The number of guanidine groups is 1. The van der Waals surface area contributed by atoms with Crippen molar-refractivity contribution in [2.75, 3.05) is 19.6 Å². The molecule has 0 radical (unpaired) electrons. The van der Waals surface area contributed by atoms with Crippen LogP contribution in [0.1, 0.15) is 52.2 Å². The van der Waals surface area contributed by atoms with E-state index in [1.54, 1.807) is 0 Å². The normalized spacial score (nSPS) is 11.8. The highest BCUT2D eigenvalue weighted by Gasteiger charge is 2.12. The van der Waals surface area contributed by atoms with Crippen LogP contribution in [0.3, 0.4) is 0 Å². The van der Waals surface area contributed by atoms with Crippen LogP contribution in [0.15, 0.2) is 48.0 Å². The zero-order valence-electron chi connectivity index (χ0n) is 19.1. The Labute approximate surface area is 199 Å². The molecule has 1 heterocycles. The monoisotopic (exact) mass is 526 g/mol. The summed E-state index contributed by atoms with van der Waals surface area (Å²) in [5.74, 6) is 0.885. The van der Waals surface area contributed by atoms with Crippen LogP contribution in [-0.4, -0.2) is 52.1 Å². The first-order valence-electron chi connectivity index (χ1n) is 10.8. The van der Waals surface area contributed by atoms with Crippen molar-refractivity contribution in [3.8, 4) is 0 Å². The van der Waals surface area contributed by atoms with Gasteiger partial charge in [0.2, 0.25) is 0 Å². The van der Waals surface area contributed by atoms with Crippen molar-refractivity contribution in [1.29, 1.82) is 0 Å². The molecule has 7 heteroatoms. The van der Waals surface area contributed by atoms with Gasteiger partial charge in [0.05, 0.1) is 12.9 Å². The molecule has 0 saturated heterocycles. The molecule has 0 unspecified atom stereocenters.